The molecule has 138 valence electrons. The molecule has 0 radical (unpaired) electrons. The highest BCUT2D eigenvalue weighted by Gasteiger charge is 2.35. The van der Waals surface area contributed by atoms with E-state index in [4.69, 9.17) is 4.74 Å². The predicted octanol–water partition coefficient (Wildman–Crippen LogP) is 4.43. The minimum Gasteiger partial charge on any atom is -0.469 e. The van der Waals surface area contributed by atoms with Gasteiger partial charge in [0.1, 0.15) is 5.82 Å². The van der Waals surface area contributed by atoms with Crippen molar-refractivity contribution >= 4 is 5.97 Å². The highest BCUT2D eigenvalue weighted by molar-refractivity contribution is 5.69. The van der Waals surface area contributed by atoms with Crippen LogP contribution in [0.15, 0.2) is 54.6 Å². The number of hydrogen-bond acceptors (Lipinski definition) is 3. The maximum absolute atomic E-state index is 13.4. The zero-order valence-electron chi connectivity index (χ0n) is 15.2. The topological polar surface area (TPSA) is 38.3 Å². The molecule has 2 aromatic carbocycles. The van der Waals surface area contributed by atoms with Crippen molar-refractivity contribution in [3.8, 4) is 0 Å². The Morgan fingerprint density at radius 3 is 2.54 bits per heavy atom. The van der Waals surface area contributed by atoms with Gasteiger partial charge in [-0.2, -0.15) is 0 Å². The Labute approximate surface area is 154 Å². The lowest BCUT2D eigenvalue weighted by molar-refractivity contribution is -0.142. The number of benzene rings is 2. The lowest BCUT2D eigenvalue weighted by Gasteiger charge is -2.39. The average molecular weight is 355 g/mol. The maximum atomic E-state index is 13.4. The molecule has 0 aliphatic heterocycles. The van der Waals surface area contributed by atoms with E-state index in [1.165, 1.54) is 24.8 Å². The number of carbonyl (C=O) groups excluding carboxylic acids is 1. The van der Waals surface area contributed by atoms with E-state index in [0.29, 0.717) is 6.42 Å². The summed E-state index contributed by atoms with van der Waals surface area (Å²) in [5.74, 6) is -0.0317. The Balaban J connectivity index is 1.80. The molecule has 0 bridgehead atoms. The molecule has 0 saturated heterocycles. The molecule has 4 heteroatoms. The average Bonchev–Trinajstić information content (AvgIpc) is 2.68. The van der Waals surface area contributed by atoms with E-state index in [1.54, 1.807) is 0 Å². The molecular formula is C22H26FNO2. The van der Waals surface area contributed by atoms with Crippen LogP contribution in [0.3, 0.4) is 0 Å². The highest BCUT2D eigenvalue weighted by Crippen LogP contribution is 2.40. The number of nitrogens with one attached hydrogen (secondary N) is 1. The monoisotopic (exact) mass is 355 g/mol. The summed E-state index contributed by atoms with van der Waals surface area (Å²) in [7, 11) is 1.43. The lowest BCUT2D eigenvalue weighted by atomic mass is 9.71. The quantitative estimate of drug-likeness (QED) is 0.779. The third-order valence-electron chi connectivity index (χ3n) is 5.35. The number of ether oxygens (including phenoxy) is 1. The fourth-order valence-corrected chi connectivity index (χ4v) is 4.08. The van der Waals surface area contributed by atoms with Crippen molar-refractivity contribution in [3.63, 3.8) is 0 Å². The first kappa shape index (κ1) is 18.6. The number of hydrogen-bond donors (Lipinski definition) is 1. The Kier molecular flexibility index (Phi) is 6.40. The van der Waals surface area contributed by atoms with Crippen molar-refractivity contribution in [3.05, 3.63) is 71.5 Å². The molecule has 0 heterocycles. The third-order valence-corrected chi connectivity index (χ3v) is 5.35. The van der Waals surface area contributed by atoms with Gasteiger partial charge in [-0.1, -0.05) is 48.9 Å². The second-order valence-electron chi connectivity index (χ2n) is 7.02. The lowest BCUT2D eigenvalue weighted by Crippen LogP contribution is -2.41. The number of halogens is 1. The zero-order valence-corrected chi connectivity index (χ0v) is 15.2. The van der Waals surface area contributed by atoms with Crippen LogP contribution in [-0.2, 0) is 16.1 Å². The Hall–Kier alpha value is -2.20. The van der Waals surface area contributed by atoms with Crippen LogP contribution in [0.1, 0.15) is 42.7 Å². The van der Waals surface area contributed by atoms with Gasteiger partial charge in [-0.05, 0) is 42.0 Å². The molecule has 26 heavy (non-hydrogen) atoms. The summed E-state index contributed by atoms with van der Waals surface area (Å²) in [6, 6.07) is 17.3. The molecule has 0 spiro atoms. The van der Waals surface area contributed by atoms with Gasteiger partial charge in [0.25, 0.3) is 0 Å². The third kappa shape index (κ3) is 4.70. The first-order valence-electron chi connectivity index (χ1n) is 9.27. The maximum Gasteiger partial charge on any atom is 0.305 e. The van der Waals surface area contributed by atoms with E-state index >= 15 is 0 Å². The van der Waals surface area contributed by atoms with Crippen molar-refractivity contribution in [2.24, 2.45) is 5.92 Å². The van der Waals surface area contributed by atoms with Crippen LogP contribution in [0.2, 0.25) is 0 Å². The number of methoxy groups -OCH3 is 1. The molecule has 1 fully saturated rings. The zero-order chi connectivity index (χ0) is 18.4. The van der Waals surface area contributed by atoms with E-state index < -0.39 is 0 Å². The van der Waals surface area contributed by atoms with Crippen LogP contribution in [0.4, 0.5) is 4.39 Å². The van der Waals surface area contributed by atoms with E-state index in [2.05, 4.69) is 17.4 Å². The Morgan fingerprint density at radius 1 is 1.12 bits per heavy atom. The SMILES string of the molecule is COC(=O)C[C@H]1CCC[C@@H](NCc2ccccc2)[C@@H]1c1ccc(F)cc1. The number of esters is 1. The van der Waals surface area contributed by atoms with Gasteiger partial charge in [-0.3, -0.25) is 4.79 Å². The summed E-state index contributed by atoms with van der Waals surface area (Å²) in [4.78, 5) is 11.9. The highest BCUT2D eigenvalue weighted by atomic mass is 19.1. The second kappa shape index (κ2) is 8.95. The summed E-state index contributed by atoms with van der Waals surface area (Å²) >= 11 is 0. The van der Waals surface area contributed by atoms with Crippen molar-refractivity contribution < 1.29 is 13.9 Å². The van der Waals surface area contributed by atoms with Crippen LogP contribution >= 0.6 is 0 Å². The van der Waals surface area contributed by atoms with Gasteiger partial charge in [0.2, 0.25) is 0 Å². The Morgan fingerprint density at radius 2 is 1.85 bits per heavy atom. The molecule has 3 rings (SSSR count). The van der Waals surface area contributed by atoms with Crippen molar-refractivity contribution in [1.29, 1.82) is 0 Å². The molecule has 0 aromatic heterocycles. The van der Waals surface area contributed by atoms with Crippen molar-refractivity contribution in [2.75, 3.05) is 7.11 Å². The first-order chi connectivity index (χ1) is 12.7. The smallest absolute Gasteiger partial charge is 0.305 e. The first-order valence-corrected chi connectivity index (χ1v) is 9.27. The summed E-state index contributed by atoms with van der Waals surface area (Å²) in [5, 5.41) is 3.68. The second-order valence-corrected chi connectivity index (χ2v) is 7.02. The van der Waals surface area contributed by atoms with Gasteiger partial charge in [-0.15, -0.1) is 0 Å². The van der Waals surface area contributed by atoms with Gasteiger partial charge in [0.05, 0.1) is 7.11 Å². The number of rotatable bonds is 6. The summed E-state index contributed by atoms with van der Waals surface area (Å²) in [5.41, 5.74) is 2.33. The summed E-state index contributed by atoms with van der Waals surface area (Å²) < 4.78 is 18.3. The molecule has 0 unspecified atom stereocenters. The van der Waals surface area contributed by atoms with Crippen LogP contribution in [-0.4, -0.2) is 19.1 Å². The number of carbonyl (C=O) groups is 1. The van der Waals surface area contributed by atoms with E-state index in [-0.39, 0.29) is 29.7 Å². The van der Waals surface area contributed by atoms with Crippen LogP contribution < -0.4 is 5.32 Å². The fraction of sp³-hybridized carbons (Fsp3) is 0.409. The van der Waals surface area contributed by atoms with Crippen LogP contribution in [0, 0.1) is 11.7 Å². The van der Waals surface area contributed by atoms with Crippen LogP contribution in [0.25, 0.3) is 0 Å². The molecule has 3 nitrogen and oxygen atoms in total. The van der Waals surface area contributed by atoms with E-state index in [0.717, 1.165) is 31.4 Å². The molecule has 1 saturated carbocycles. The molecule has 2 aromatic rings. The van der Waals surface area contributed by atoms with E-state index in [1.807, 2.05) is 30.3 Å². The van der Waals surface area contributed by atoms with Crippen molar-refractivity contribution in [1.82, 2.24) is 5.32 Å². The molecule has 1 N–H and O–H groups in total. The summed E-state index contributed by atoms with van der Waals surface area (Å²) in [6.45, 7) is 0.786. The van der Waals surface area contributed by atoms with Crippen molar-refractivity contribution in [2.45, 2.75) is 44.2 Å². The minimum absolute atomic E-state index is 0.173. The van der Waals surface area contributed by atoms with Gasteiger partial charge in [0.15, 0.2) is 0 Å². The van der Waals surface area contributed by atoms with Gasteiger partial charge < -0.3 is 10.1 Å². The fourth-order valence-electron chi connectivity index (χ4n) is 4.08. The largest absolute Gasteiger partial charge is 0.469 e. The molecule has 3 atom stereocenters. The summed E-state index contributed by atoms with van der Waals surface area (Å²) in [6.07, 6.45) is 3.51. The normalized spacial score (nSPS) is 22.8. The predicted molar refractivity (Wildman–Crippen MR) is 100 cm³/mol. The molecule has 1 aliphatic rings. The van der Waals surface area contributed by atoms with Crippen LogP contribution in [0.5, 0.6) is 0 Å². The van der Waals surface area contributed by atoms with Gasteiger partial charge in [-0.25, -0.2) is 4.39 Å². The van der Waals surface area contributed by atoms with Gasteiger partial charge in [0, 0.05) is 24.9 Å². The minimum atomic E-state index is -0.233. The molecule has 1 aliphatic carbocycles. The Bertz CT molecular complexity index is 702. The van der Waals surface area contributed by atoms with E-state index in [9.17, 15) is 9.18 Å². The molecular weight excluding hydrogens is 329 g/mol. The van der Waals surface area contributed by atoms with Gasteiger partial charge >= 0.3 is 5.97 Å². The standard InChI is InChI=1S/C22H26FNO2/c1-26-21(25)14-18-8-5-9-20(24-15-16-6-3-2-4-7-16)22(18)17-10-12-19(23)13-11-17/h2-4,6-7,10-13,18,20,22,24H,5,8-9,14-15H2,1H3/t18-,20-,22-/m1/s1. The molecule has 0 amide bonds.